The van der Waals surface area contributed by atoms with Crippen LogP contribution in [0.2, 0.25) is 0 Å². The number of nitrogens with one attached hydrogen (secondary N) is 1. The van der Waals surface area contributed by atoms with E-state index >= 15 is 0 Å². The molecule has 1 atom stereocenters. The quantitative estimate of drug-likeness (QED) is 0.764. The van der Waals surface area contributed by atoms with E-state index in [9.17, 15) is 13.5 Å². The second-order valence-electron chi connectivity index (χ2n) is 4.94. The third-order valence-corrected chi connectivity index (χ3v) is 5.06. The van der Waals surface area contributed by atoms with Crippen molar-refractivity contribution in [2.75, 3.05) is 19.3 Å². The maximum Gasteiger partial charge on any atom is 0.175 e. The predicted octanol–water partition coefficient (Wildman–Crippen LogP) is 2.02. The van der Waals surface area contributed by atoms with Gasteiger partial charge in [0.15, 0.2) is 9.84 Å². The lowest BCUT2D eigenvalue weighted by atomic mass is 10.1. The van der Waals surface area contributed by atoms with E-state index in [1.165, 1.54) is 24.0 Å². The van der Waals surface area contributed by atoms with Crippen molar-refractivity contribution in [1.82, 2.24) is 5.32 Å². The number of aliphatic hydroxyl groups is 1. The minimum Gasteiger partial charge on any atom is -0.387 e. The van der Waals surface area contributed by atoms with Crippen LogP contribution in [0.5, 0.6) is 0 Å². The van der Waals surface area contributed by atoms with Crippen molar-refractivity contribution >= 4 is 21.2 Å². The molecule has 0 fully saturated rings. The molecule has 4 nitrogen and oxygen atoms in total. The summed E-state index contributed by atoms with van der Waals surface area (Å²) in [6, 6.07) is 8.45. The predicted molar refractivity (Wildman–Crippen MR) is 85.4 cm³/mol. The first kappa shape index (κ1) is 16.2. The summed E-state index contributed by atoms with van der Waals surface area (Å²) in [6.45, 7) is 1.25. The minimum atomic E-state index is -3.19. The number of sulfone groups is 1. The highest BCUT2D eigenvalue weighted by molar-refractivity contribution is 7.90. The van der Waals surface area contributed by atoms with Crippen LogP contribution in [0.3, 0.4) is 0 Å². The zero-order valence-electron chi connectivity index (χ0n) is 11.8. The molecule has 0 aliphatic rings. The Balaban J connectivity index is 1.81. The molecule has 0 aliphatic heterocycles. The fraction of sp³-hybridized carbons (Fsp3) is 0.333. The van der Waals surface area contributed by atoms with Gasteiger partial charge in [0.2, 0.25) is 0 Å². The lowest BCUT2D eigenvalue weighted by Crippen LogP contribution is -2.23. The average Bonchev–Trinajstić information content (AvgIpc) is 2.96. The summed E-state index contributed by atoms with van der Waals surface area (Å²) in [7, 11) is -3.19. The molecule has 0 saturated carbocycles. The van der Waals surface area contributed by atoms with Gasteiger partial charge in [0, 0.05) is 12.8 Å². The van der Waals surface area contributed by atoms with E-state index in [0.717, 1.165) is 13.0 Å². The van der Waals surface area contributed by atoms with Crippen LogP contribution in [0.15, 0.2) is 46.0 Å². The number of rotatable bonds is 7. The molecular formula is C15H19NO3S2. The molecular weight excluding hydrogens is 306 g/mol. The fourth-order valence-electron chi connectivity index (χ4n) is 1.96. The Morgan fingerprint density at radius 1 is 1.24 bits per heavy atom. The molecule has 2 aromatic rings. The van der Waals surface area contributed by atoms with Crippen molar-refractivity contribution in [3.63, 3.8) is 0 Å². The van der Waals surface area contributed by atoms with Crippen LogP contribution < -0.4 is 5.32 Å². The third-order valence-electron chi connectivity index (χ3n) is 3.20. The summed E-state index contributed by atoms with van der Waals surface area (Å²) in [5.41, 5.74) is 2.00. The number of aliphatic hydroxyl groups excluding tert-OH is 1. The van der Waals surface area contributed by atoms with Crippen molar-refractivity contribution < 1.29 is 13.5 Å². The van der Waals surface area contributed by atoms with Gasteiger partial charge >= 0.3 is 0 Å². The summed E-state index contributed by atoms with van der Waals surface area (Å²) >= 11 is 1.68. The number of hydrogen-bond acceptors (Lipinski definition) is 5. The molecule has 114 valence electrons. The van der Waals surface area contributed by atoms with E-state index < -0.39 is 15.9 Å². The number of benzene rings is 1. The van der Waals surface area contributed by atoms with Gasteiger partial charge in [0.25, 0.3) is 0 Å². The highest BCUT2D eigenvalue weighted by atomic mass is 32.2. The molecule has 0 amide bonds. The molecule has 0 aliphatic carbocycles. The van der Waals surface area contributed by atoms with Crippen LogP contribution in [-0.2, 0) is 16.3 Å². The summed E-state index contributed by atoms with van der Waals surface area (Å²) in [5.74, 6) is 0. The molecule has 0 unspecified atom stereocenters. The van der Waals surface area contributed by atoms with Gasteiger partial charge in [-0.05, 0) is 53.1 Å². The second-order valence-corrected chi connectivity index (χ2v) is 7.74. The van der Waals surface area contributed by atoms with Gasteiger partial charge < -0.3 is 10.4 Å². The maximum absolute atomic E-state index is 11.4. The SMILES string of the molecule is CS(=O)(=O)c1ccc([C@@H](O)CNCCc2ccsc2)cc1. The highest BCUT2D eigenvalue weighted by Gasteiger charge is 2.10. The van der Waals surface area contributed by atoms with E-state index in [0.29, 0.717) is 12.1 Å². The summed E-state index contributed by atoms with van der Waals surface area (Å²) in [4.78, 5) is 0.267. The Labute approximate surface area is 129 Å². The van der Waals surface area contributed by atoms with E-state index in [2.05, 4.69) is 16.8 Å². The van der Waals surface area contributed by atoms with Crippen LogP contribution >= 0.6 is 11.3 Å². The lowest BCUT2D eigenvalue weighted by Gasteiger charge is -2.12. The van der Waals surface area contributed by atoms with E-state index in [-0.39, 0.29) is 4.90 Å². The smallest absolute Gasteiger partial charge is 0.175 e. The van der Waals surface area contributed by atoms with Crippen molar-refractivity contribution in [2.24, 2.45) is 0 Å². The normalized spacial score (nSPS) is 13.2. The lowest BCUT2D eigenvalue weighted by molar-refractivity contribution is 0.175. The third kappa shape index (κ3) is 4.93. The molecule has 0 bridgehead atoms. The van der Waals surface area contributed by atoms with Crippen molar-refractivity contribution in [3.05, 3.63) is 52.2 Å². The molecule has 0 spiro atoms. The van der Waals surface area contributed by atoms with Gasteiger partial charge in [-0.2, -0.15) is 11.3 Å². The largest absolute Gasteiger partial charge is 0.387 e. The summed E-state index contributed by atoms with van der Waals surface area (Å²) in [6.07, 6.45) is 1.47. The standard InChI is InChI=1S/C15H19NO3S2/c1-21(18,19)14-4-2-13(3-5-14)15(17)10-16-8-6-12-7-9-20-11-12/h2-5,7,9,11,15-17H,6,8,10H2,1H3/t15-/m0/s1. The fourth-order valence-corrected chi connectivity index (χ4v) is 3.30. The number of thiophene rings is 1. The van der Waals surface area contributed by atoms with E-state index in [1.54, 1.807) is 23.5 Å². The molecule has 1 aromatic heterocycles. The molecule has 2 N–H and O–H groups in total. The Morgan fingerprint density at radius 3 is 2.52 bits per heavy atom. The maximum atomic E-state index is 11.4. The second kappa shape index (κ2) is 7.17. The van der Waals surface area contributed by atoms with Crippen LogP contribution in [0.1, 0.15) is 17.2 Å². The minimum absolute atomic E-state index is 0.267. The molecule has 6 heteroatoms. The van der Waals surface area contributed by atoms with Crippen molar-refractivity contribution in [2.45, 2.75) is 17.4 Å². The van der Waals surface area contributed by atoms with Crippen LogP contribution in [0.4, 0.5) is 0 Å². The van der Waals surface area contributed by atoms with Crippen LogP contribution in [0.25, 0.3) is 0 Å². The Hall–Kier alpha value is -1.21. The van der Waals surface area contributed by atoms with Gasteiger partial charge in [-0.1, -0.05) is 12.1 Å². The summed E-state index contributed by atoms with van der Waals surface area (Å²) in [5, 5.41) is 17.4. The van der Waals surface area contributed by atoms with Gasteiger partial charge in [0.05, 0.1) is 11.0 Å². The van der Waals surface area contributed by atoms with Crippen molar-refractivity contribution in [3.8, 4) is 0 Å². The van der Waals surface area contributed by atoms with Gasteiger partial charge in [-0.15, -0.1) is 0 Å². The van der Waals surface area contributed by atoms with Gasteiger partial charge in [0.1, 0.15) is 0 Å². The zero-order valence-corrected chi connectivity index (χ0v) is 13.5. The molecule has 0 radical (unpaired) electrons. The van der Waals surface area contributed by atoms with Crippen molar-refractivity contribution in [1.29, 1.82) is 0 Å². The number of hydrogen-bond donors (Lipinski definition) is 2. The zero-order chi connectivity index (χ0) is 15.3. The molecule has 21 heavy (non-hydrogen) atoms. The van der Waals surface area contributed by atoms with Gasteiger partial charge in [-0.25, -0.2) is 8.42 Å². The monoisotopic (exact) mass is 325 g/mol. The van der Waals surface area contributed by atoms with Gasteiger partial charge in [-0.3, -0.25) is 0 Å². The molecule has 2 rings (SSSR count). The first-order valence-electron chi connectivity index (χ1n) is 6.66. The van der Waals surface area contributed by atoms with Crippen LogP contribution in [0, 0.1) is 0 Å². The average molecular weight is 325 g/mol. The Bertz CT molecular complexity index is 649. The first-order chi connectivity index (χ1) is 9.97. The van der Waals surface area contributed by atoms with E-state index in [1.807, 2.05) is 5.38 Å². The van der Waals surface area contributed by atoms with Crippen LogP contribution in [-0.4, -0.2) is 32.9 Å². The first-order valence-corrected chi connectivity index (χ1v) is 9.50. The molecule has 0 saturated heterocycles. The molecule has 1 aromatic carbocycles. The highest BCUT2D eigenvalue weighted by Crippen LogP contribution is 2.16. The Kier molecular flexibility index (Phi) is 5.52. The Morgan fingerprint density at radius 2 is 1.95 bits per heavy atom. The topological polar surface area (TPSA) is 66.4 Å². The summed E-state index contributed by atoms with van der Waals surface area (Å²) < 4.78 is 22.7. The molecule has 1 heterocycles. The van der Waals surface area contributed by atoms with E-state index in [4.69, 9.17) is 0 Å².